The highest BCUT2D eigenvalue weighted by atomic mass is 19.4. The normalized spacial score (nSPS) is 11.4. The first-order valence-corrected chi connectivity index (χ1v) is 5.51. The first-order chi connectivity index (χ1) is 9.39. The van der Waals surface area contributed by atoms with Crippen LogP contribution in [0, 0.1) is 5.82 Å². The van der Waals surface area contributed by atoms with E-state index in [4.69, 9.17) is 0 Å². The van der Waals surface area contributed by atoms with E-state index in [2.05, 4.69) is 10.4 Å². The third-order valence-electron chi connectivity index (χ3n) is 2.56. The van der Waals surface area contributed by atoms with Gasteiger partial charge in [-0.25, -0.2) is 4.39 Å². The van der Waals surface area contributed by atoms with Crippen LogP contribution in [-0.2, 0) is 12.7 Å². The van der Waals surface area contributed by atoms with Gasteiger partial charge in [0.15, 0.2) is 5.69 Å². The molecular formula is C12H9F4N3O. The van der Waals surface area contributed by atoms with Gasteiger partial charge < -0.3 is 5.32 Å². The number of nitrogens with one attached hydrogen (secondary N) is 2. The van der Waals surface area contributed by atoms with Crippen LogP contribution in [0.1, 0.15) is 21.6 Å². The Bertz CT molecular complexity index is 621. The molecule has 8 heteroatoms. The van der Waals surface area contributed by atoms with E-state index in [-0.39, 0.29) is 12.1 Å². The van der Waals surface area contributed by atoms with Crippen LogP contribution in [0.15, 0.2) is 30.5 Å². The summed E-state index contributed by atoms with van der Waals surface area (Å²) in [7, 11) is 0. The number of amides is 1. The zero-order valence-electron chi connectivity index (χ0n) is 9.96. The minimum Gasteiger partial charge on any atom is -0.348 e. The van der Waals surface area contributed by atoms with Crippen LogP contribution in [0.25, 0.3) is 0 Å². The summed E-state index contributed by atoms with van der Waals surface area (Å²) >= 11 is 0. The zero-order valence-corrected chi connectivity index (χ0v) is 9.96. The van der Waals surface area contributed by atoms with E-state index in [0.717, 1.165) is 6.20 Å². The molecule has 0 atom stereocenters. The average molecular weight is 287 g/mol. The summed E-state index contributed by atoms with van der Waals surface area (Å²) in [6, 6.07) is 5.65. The molecule has 106 valence electrons. The Morgan fingerprint density at radius 2 is 2.00 bits per heavy atom. The summed E-state index contributed by atoms with van der Waals surface area (Å²) in [5.41, 5.74) is -1.68. The molecule has 0 saturated heterocycles. The second-order valence-corrected chi connectivity index (χ2v) is 3.93. The lowest BCUT2D eigenvalue weighted by atomic mass is 10.2. The number of benzene rings is 1. The molecule has 0 radical (unpaired) electrons. The van der Waals surface area contributed by atoms with Crippen LogP contribution in [0.4, 0.5) is 17.6 Å². The Kier molecular flexibility index (Phi) is 3.73. The van der Waals surface area contributed by atoms with Crippen molar-refractivity contribution in [1.29, 1.82) is 0 Å². The highest BCUT2D eigenvalue weighted by Gasteiger charge is 2.37. The number of alkyl halides is 3. The average Bonchev–Trinajstić information content (AvgIpc) is 2.86. The molecule has 1 aromatic heterocycles. The van der Waals surface area contributed by atoms with E-state index < -0.39 is 29.2 Å². The molecule has 1 amide bonds. The minimum absolute atomic E-state index is 0.179. The van der Waals surface area contributed by atoms with Crippen LogP contribution in [0.5, 0.6) is 0 Å². The highest BCUT2D eigenvalue weighted by Crippen LogP contribution is 2.29. The molecule has 2 N–H and O–H groups in total. The van der Waals surface area contributed by atoms with Crippen molar-refractivity contribution in [2.45, 2.75) is 12.7 Å². The largest absolute Gasteiger partial charge is 0.433 e. The number of aromatic nitrogens is 2. The number of H-pyrrole nitrogens is 1. The van der Waals surface area contributed by atoms with Crippen molar-refractivity contribution in [3.63, 3.8) is 0 Å². The fourth-order valence-electron chi connectivity index (χ4n) is 1.59. The second kappa shape index (κ2) is 5.32. The Hall–Kier alpha value is -2.38. The van der Waals surface area contributed by atoms with Gasteiger partial charge in [0.1, 0.15) is 5.82 Å². The summed E-state index contributed by atoms with van der Waals surface area (Å²) in [4.78, 5) is 11.7. The third-order valence-corrected chi connectivity index (χ3v) is 2.56. The number of hydrogen-bond acceptors (Lipinski definition) is 2. The quantitative estimate of drug-likeness (QED) is 0.852. The van der Waals surface area contributed by atoms with E-state index in [1.165, 1.54) is 18.2 Å². The summed E-state index contributed by atoms with van der Waals surface area (Å²) in [6.45, 7) is -0.214. The van der Waals surface area contributed by atoms with Crippen LogP contribution in [0.2, 0.25) is 0 Å². The Morgan fingerprint density at radius 3 is 2.65 bits per heavy atom. The van der Waals surface area contributed by atoms with Gasteiger partial charge in [-0.3, -0.25) is 9.89 Å². The molecular weight excluding hydrogens is 278 g/mol. The number of aromatic amines is 1. The molecule has 2 rings (SSSR count). The SMILES string of the molecule is O=C(NCc1ccccc1F)c1cn[nH]c1C(F)(F)F. The number of nitrogens with zero attached hydrogens (tertiary/aromatic N) is 1. The molecule has 4 nitrogen and oxygen atoms in total. The summed E-state index contributed by atoms with van der Waals surface area (Å²) < 4.78 is 51.0. The monoisotopic (exact) mass is 287 g/mol. The Balaban J connectivity index is 2.10. The van der Waals surface area contributed by atoms with E-state index in [0.29, 0.717) is 0 Å². The molecule has 1 heterocycles. The van der Waals surface area contributed by atoms with Crippen molar-refractivity contribution in [1.82, 2.24) is 15.5 Å². The highest BCUT2D eigenvalue weighted by molar-refractivity contribution is 5.95. The maximum absolute atomic E-state index is 13.3. The van der Waals surface area contributed by atoms with Gasteiger partial charge in [0.25, 0.3) is 5.91 Å². The number of rotatable bonds is 3. The Labute approximate surface area is 110 Å². The zero-order chi connectivity index (χ0) is 14.8. The van der Waals surface area contributed by atoms with Crippen LogP contribution in [0.3, 0.4) is 0 Å². The second-order valence-electron chi connectivity index (χ2n) is 3.93. The van der Waals surface area contributed by atoms with E-state index in [1.54, 1.807) is 11.2 Å². The number of carbonyl (C=O) groups is 1. The summed E-state index contributed by atoms with van der Waals surface area (Å²) in [6.07, 6.45) is -3.93. The van der Waals surface area contributed by atoms with Crippen LogP contribution < -0.4 is 5.32 Å². The first kappa shape index (κ1) is 14.0. The topological polar surface area (TPSA) is 57.8 Å². The smallest absolute Gasteiger partial charge is 0.348 e. The lowest BCUT2D eigenvalue weighted by molar-refractivity contribution is -0.141. The predicted molar refractivity (Wildman–Crippen MR) is 61.2 cm³/mol. The van der Waals surface area contributed by atoms with E-state index in [9.17, 15) is 22.4 Å². The van der Waals surface area contributed by atoms with Crippen molar-refractivity contribution in [3.05, 3.63) is 53.1 Å². The number of carbonyl (C=O) groups excluding carboxylic acids is 1. The van der Waals surface area contributed by atoms with Crippen molar-refractivity contribution in [2.24, 2.45) is 0 Å². The van der Waals surface area contributed by atoms with Crippen molar-refractivity contribution in [2.75, 3.05) is 0 Å². The predicted octanol–water partition coefficient (Wildman–Crippen LogP) is 2.50. The maximum atomic E-state index is 13.3. The van der Waals surface area contributed by atoms with Gasteiger partial charge in [-0.05, 0) is 6.07 Å². The first-order valence-electron chi connectivity index (χ1n) is 5.51. The van der Waals surface area contributed by atoms with Crippen molar-refractivity contribution < 1.29 is 22.4 Å². The standard InChI is InChI=1S/C12H9F4N3O/c13-9-4-2-1-3-7(9)5-17-11(20)8-6-18-19-10(8)12(14,15)16/h1-4,6H,5H2,(H,17,20)(H,18,19). The molecule has 1 aromatic carbocycles. The summed E-state index contributed by atoms with van der Waals surface area (Å²) in [5.74, 6) is -1.52. The molecule has 0 aliphatic heterocycles. The maximum Gasteiger partial charge on any atom is 0.433 e. The van der Waals surface area contributed by atoms with Gasteiger partial charge >= 0.3 is 6.18 Å². The number of hydrogen-bond donors (Lipinski definition) is 2. The number of halogens is 4. The lowest BCUT2D eigenvalue weighted by Gasteiger charge is -2.08. The molecule has 2 aromatic rings. The third kappa shape index (κ3) is 2.95. The van der Waals surface area contributed by atoms with Gasteiger partial charge in [-0.2, -0.15) is 18.3 Å². The molecule has 0 aliphatic rings. The molecule has 20 heavy (non-hydrogen) atoms. The molecule has 0 fully saturated rings. The minimum atomic E-state index is -4.71. The van der Waals surface area contributed by atoms with Crippen molar-refractivity contribution in [3.8, 4) is 0 Å². The van der Waals surface area contributed by atoms with Crippen LogP contribution in [-0.4, -0.2) is 16.1 Å². The lowest BCUT2D eigenvalue weighted by Crippen LogP contribution is -2.25. The van der Waals surface area contributed by atoms with Gasteiger partial charge in [-0.15, -0.1) is 0 Å². The summed E-state index contributed by atoms with van der Waals surface area (Å²) in [5, 5.41) is 7.14. The van der Waals surface area contributed by atoms with Gasteiger partial charge in [0, 0.05) is 12.1 Å². The molecule has 0 bridgehead atoms. The van der Waals surface area contributed by atoms with Gasteiger partial charge in [0.05, 0.1) is 11.8 Å². The van der Waals surface area contributed by atoms with Gasteiger partial charge in [0.2, 0.25) is 0 Å². The fraction of sp³-hybridized carbons (Fsp3) is 0.167. The fourth-order valence-corrected chi connectivity index (χ4v) is 1.59. The molecule has 0 saturated carbocycles. The molecule has 0 aliphatic carbocycles. The molecule has 0 unspecified atom stereocenters. The van der Waals surface area contributed by atoms with E-state index >= 15 is 0 Å². The van der Waals surface area contributed by atoms with Crippen LogP contribution >= 0.6 is 0 Å². The Morgan fingerprint density at radius 1 is 1.30 bits per heavy atom. The molecule has 0 spiro atoms. The van der Waals surface area contributed by atoms with Gasteiger partial charge in [-0.1, -0.05) is 18.2 Å². The van der Waals surface area contributed by atoms with E-state index in [1.807, 2.05) is 0 Å². The van der Waals surface area contributed by atoms with Crippen molar-refractivity contribution >= 4 is 5.91 Å².